The molecule has 0 aromatic rings. The van der Waals surface area contributed by atoms with Gasteiger partial charge in [-0.3, -0.25) is 0 Å². The van der Waals surface area contributed by atoms with Gasteiger partial charge in [-0.15, -0.1) is 0 Å². The van der Waals surface area contributed by atoms with Crippen molar-refractivity contribution in [3.05, 3.63) is 0 Å². The maximum Gasteiger partial charge on any atom is 0.0474 e. The van der Waals surface area contributed by atoms with Crippen molar-refractivity contribution in [3.8, 4) is 0 Å². The summed E-state index contributed by atoms with van der Waals surface area (Å²) in [4.78, 5) is 2.62. The van der Waals surface area contributed by atoms with Gasteiger partial charge in [0.2, 0.25) is 0 Å². The van der Waals surface area contributed by atoms with Crippen LogP contribution in [0.3, 0.4) is 0 Å². The monoisotopic (exact) mass is 268 g/mol. The Bertz CT molecular complexity index is 247. The van der Waals surface area contributed by atoms with Crippen LogP contribution in [0.5, 0.6) is 0 Å². The van der Waals surface area contributed by atoms with Crippen LogP contribution in [0, 0.1) is 5.92 Å². The normalized spacial score (nSPS) is 34.1. The lowest BCUT2D eigenvalue weighted by molar-refractivity contribution is 0.143. The first kappa shape index (κ1) is 15.3. The van der Waals surface area contributed by atoms with Crippen LogP contribution >= 0.6 is 0 Å². The zero-order chi connectivity index (χ0) is 13.5. The summed E-state index contributed by atoms with van der Waals surface area (Å²) in [5.74, 6) is 0.503. The van der Waals surface area contributed by atoms with E-state index in [4.69, 9.17) is 0 Å². The van der Waals surface area contributed by atoms with Gasteiger partial charge in [0.25, 0.3) is 0 Å². The number of nitrogens with zero attached hydrogens (tertiary/aromatic N) is 1. The zero-order valence-corrected chi connectivity index (χ0v) is 12.6. The lowest BCUT2D eigenvalue weighted by atomic mass is 9.84. The molecule has 3 heteroatoms. The van der Waals surface area contributed by atoms with Crippen molar-refractivity contribution in [3.63, 3.8) is 0 Å². The molecule has 1 aliphatic heterocycles. The summed E-state index contributed by atoms with van der Waals surface area (Å²) in [6.07, 6.45) is 10.3. The van der Waals surface area contributed by atoms with Crippen LogP contribution in [0.2, 0.25) is 0 Å². The molecular formula is C16H32N2O. The van der Waals surface area contributed by atoms with E-state index in [9.17, 15) is 5.11 Å². The quantitative estimate of drug-likeness (QED) is 0.803. The van der Waals surface area contributed by atoms with E-state index < -0.39 is 0 Å². The Kier molecular flexibility index (Phi) is 6.62. The lowest BCUT2D eigenvalue weighted by Gasteiger charge is -2.34. The fourth-order valence-corrected chi connectivity index (χ4v) is 3.81. The Morgan fingerprint density at radius 3 is 2.68 bits per heavy atom. The molecule has 0 amide bonds. The van der Waals surface area contributed by atoms with E-state index in [1.807, 2.05) is 0 Å². The molecule has 1 saturated carbocycles. The summed E-state index contributed by atoms with van der Waals surface area (Å²) >= 11 is 0. The molecule has 3 nitrogen and oxygen atoms in total. The van der Waals surface area contributed by atoms with Gasteiger partial charge in [-0.05, 0) is 64.1 Å². The fourth-order valence-electron chi connectivity index (χ4n) is 3.81. The zero-order valence-electron chi connectivity index (χ0n) is 12.6. The third-order valence-corrected chi connectivity index (χ3v) is 4.95. The van der Waals surface area contributed by atoms with Gasteiger partial charge in [0.05, 0.1) is 0 Å². The van der Waals surface area contributed by atoms with Crippen molar-refractivity contribution in [2.24, 2.45) is 5.92 Å². The number of aliphatic hydroxyl groups is 1. The van der Waals surface area contributed by atoms with Gasteiger partial charge in [0.15, 0.2) is 0 Å². The summed E-state index contributed by atoms with van der Waals surface area (Å²) in [6, 6.07) is 1.25. The van der Waals surface area contributed by atoms with E-state index in [1.54, 1.807) is 0 Å². The Labute approximate surface area is 118 Å². The molecule has 2 fully saturated rings. The Morgan fingerprint density at radius 2 is 1.89 bits per heavy atom. The Morgan fingerprint density at radius 1 is 1.05 bits per heavy atom. The molecule has 2 aliphatic rings. The first-order chi connectivity index (χ1) is 9.33. The predicted octanol–water partition coefficient (Wildman–Crippen LogP) is 2.39. The summed E-state index contributed by atoms with van der Waals surface area (Å²) in [6.45, 7) is 6.43. The van der Waals surface area contributed by atoms with Crippen LogP contribution in [0.1, 0.15) is 58.3 Å². The van der Waals surface area contributed by atoms with Crippen LogP contribution in [0.4, 0.5) is 0 Å². The highest BCUT2D eigenvalue weighted by Gasteiger charge is 2.27. The van der Waals surface area contributed by atoms with E-state index in [-0.39, 0.29) is 0 Å². The lowest BCUT2D eigenvalue weighted by Crippen LogP contribution is -2.45. The minimum Gasteiger partial charge on any atom is -0.396 e. The molecule has 3 atom stereocenters. The molecule has 0 bridgehead atoms. The Balaban J connectivity index is 1.78. The number of hydrogen-bond donors (Lipinski definition) is 2. The van der Waals surface area contributed by atoms with Crippen molar-refractivity contribution in [2.45, 2.75) is 70.4 Å². The number of likely N-dealkylation sites (tertiary alicyclic amines) is 1. The van der Waals surface area contributed by atoms with Crippen molar-refractivity contribution >= 4 is 0 Å². The molecule has 112 valence electrons. The molecule has 3 unspecified atom stereocenters. The third kappa shape index (κ3) is 4.73. The first-order valence-corrected chi connectivity index (χ1v) is 8.42. The van der Waals surface area contributed by atoms with Crippen LogP contribution < -0.4 is 5.32 Å². The highest BCUT2D eigenvalue weighted by molar-refractivity contribution is 4.85. The summed E-state index contributed by atoms with van der Waals surface area (Å²) < 4.78 is 0. The summed E-state index contributed by atoms with van der Waals surface area (Å²) in [5.41, 5.74) is 0. The van der Waals surface area contributed by atoms with Crippen LogP contribution in [0.15, 0.2) is 0 Å². The molecule has 2 rings (SSSR count). The molecule has 1 heterocycles. The Hall–Kier alpha value is -0.120. The first-order valence-electron chi connectivity index (χ1n) is 8.42. The van der Waals surface area contributed by atoms with E-state index in [0.717, 1.165) is 0 Å². The van der Waals surface area contributed by atoms with Gasteiger partial charge in [-0.1, -0.05) is 19.8 Å². The van der Waals surface area contributed by atoms with Crippen molar-refractivity contribution in [2.75, 3.05) is 26.2 Å². The molecule has 0 radical (unpaired) electrons. The van der Waals surface area contributed by atoms with Crippen molar-refractivity contribution in [1.82, 2.24) is 10.2 Å². The maximum absolute atomic E-state index is 9.51. The number of aliphatic hydroxyl groups excluding tert-OH is 1. The molecule has 0 aromatic carbocycles. The van der Waals surface area contributed by atoms with Gasteiger partial charge in [-0.25, -0.2) is 0 Å². The van der Waals surface area contributed by atoms with E-state index in [0.29, 0.717) is 24.6 Å². The van der Waals surface area contributed by atoms with E-state index in [1.165, 1.54) is 71.0 Å². The molecule has 1 aliphatic carbocycles. The van der Waals surface area contributed by atoms with E-state index >= 15 is 0 Å². The van der Waals surface area contributed by atoms with E-state index in [2.05, 4.69) is 17.1 Å². The second-order valence-corrected chi connectivity index (χ2v) is 6.47. The molecule has 19 heavy (non-hydrogen) atoms. The number of hydrogen-bond acceptors (Lipinski definition) is 3. The average molecular weight is 268 g/mol. The van der Waals surface area contributed by atoms with Gasteiger partial charge >= 0.3 is 0 Å². The van der Waals surface area contributed by atoms with Gasteiger partial charge in [0.1, 0.15) is 0 Å². The summed E-state index contributed by atoms with van der Waals surface area (Å²) in [7, 11) is 0. The molecule has 0 spiro atoms. The highest BCUT2D eigenvalue weighted by atomic mass is 16.3. The topological polar surface area (TPSA) is 35.5 Å². The molecule has 0 aromatic heterocycles. The SMILES string of the molecule is CCCN1CCCC(NC2CCCCC2CO)CC1. The largest absolute Gasteiger partial charge is 0.396 e. The smallest absolute Gasteiger partial charge is 0.0474 e. The fraction of sp³-hybridized carbons (Fsp3) is 1.00. The second kappa shape index (κ2) is 8.23. The number of nitrogens with one attached hydrogen (secondary N) is 1. The van der Waals surface area contributed by atoms with Crippen LogP contribution in [-0.2, 0) is 0 Å². The predicted molar refractivity (Wildman–Crippen MR) is 80.3 cm³/mol. The molecule has 1 saturated heterocycles. The molecular weight excluding hydrogens is 236 g/mol. The van der Waals surface area contributed by atoms with Crippen molar-refractivity contribution in [1.29, 1.82) is 0 Å². The van der Waals surface area contributed by atoms with Gasteiger partial charge in [-0.2, -0.15) is 0 Å². The maximum atomic E-state index is 9.51. The highest BCUT2D eigenvalue weighted by Crippen LogP contribution is 2.25. The summed E-state index contributed by atoms with van der Waals surface area (Å²) in [5, 5.41) is 13.4. The number of rotatable bonds is 5. The second-order valence-electron chi connectivity index (χ2n) is 6.47. The minimum atomic E-state index is 0.367. The average Bonchev–Trinajstić information content (AvgIpc) is 2.66. The van der Waals surface area contributed by atoms with Gasteiger partial charge in [0, 0.05) is 18.7 Å². The third-order valence-electron chi connectivity index (χ3n) is 4.95. The van der Waals surface area contributed by atoms with Crippen LogP contribution in [-0.4, -0.2) is 48.3 Å². The minimum absolute atomic E-state index is 0.367. The molecule has 2 N–H and O–H groups in total. The standard InChI is InChI=1S/C16H32N2O/c1-2-10-18-11-5-7-15(9-12-18)17-16-8-4-3-6-14(16)13-19/h14-17,19H,2-13H2,1H3. The van der Waals surface area contributed by atoms with Crippen molar-refractivity contribution < 1.29 is 5.11 Å². The van der Waals surface area contributed by atoms with Crippen LogP contribution in [0.25, 0.3) is 0 Å². The van der Waals surface area contributed by atoms with Gasteiger partial charge < -0.3 is 15.3 Å².